The maximum atomic E-state index is 12.3. The van der Waals surface area contributed by atoms with Crippen molar-refractivity contribution in [1.82, 2.24) is 9.80 Å². The molecule has 122 valence electrons. The van der Waals surface area contributed by atoms with E-state index in [9.17, 15) is 19.8 Å². The number of aliphatic hydroxyl groups is 1. The Balaban J connectivity index is 2.55. The van der Waals surface area contributed by atoms with Gasteiger partial charge >= 0.3 is 12.0 Å². The van der Waals surface area contributed by atoms with Gasteiger partial charge in [0.2, 0.25) is 0 Å². The first kappa shape index (κ1) is 17.8. The molecule has 6 heteroatoms. The van der Waals surface area contributed by atoms with Crippen LogP contribution in [0.15, 0.2) is 0 Å². The number of nitrogens with zero attached hydrogens (tertiary/aromatic N) is 2. The minimum absolute atomic E-state index is 0.0777. The number of amides is 2. The minimum atomic E-state index is -0.737. The maximum absolute atomic E-state index is 12.3. The molecule has 21 heavy (non-hydrogen) atoms. The summed E-state index contributed by atoms with van der Waals surface area (Å²) in [6.45, 7) is 5.18. The third kappa shape index (κ3) is 4.59. The SMILES string of the molecule is CCCC1(C(=O)O)CCN(C(=O)N(C)CCC(C)O)CC1. The van der Waals surface area contributed by atoms with Crippen LogP contribution in [0.3, 0.4) is 0 Å². The van der Waals surface area contributed by atoms with Crippen LogP contribution in [0.2, 0.25) is 0 Å². The largest absolute Gasteiger partial charge is 0.481 e. The smallest absolute Gasteiger partial charge is 0.319 e. The summed E-state index contributed by atoms with van der Waals surface area (Å²) in [5.41, 5.74) is -0.663. The number of aliphatic carboxylic acids is 1. The Labute approximate surface area is 126 Å². The average molecular weight is 300 g/mol. The zero-order valence-electron chi connectivity index (χ0n) is 13.3. The fourth-order valence-corrected chi connectivity index (χ4v) is 2.89. The van der Waals surface area contributed by atoms with E-state index in [1.807, 2.05) is 6.92 Å². The molecule has 2 N–H and O–H groups in total. The van der Waals surface area contributed by atoms with Crippen LogP contribution < -0.4 is 0 Å². The van der Waals surface area contributed by atoms with Crippen LogP contribution in [0.25, 0.3) is 0 Å². The summed E-state index contributed by atoms with van der Waals surface area (Å²) in [5, 5.41) is 18.7. The van der Waals surface area contributed by atoms with E-state index >= 15 is 0 Å². The summed E-state index contributed by atoms with van der Waals surface area (Å²) in [5.74, 6) is -0.737. The number of likely N-dealkylation sites (tertiary alicyclic amines) is 1. The van der Waals surface area contributed by atoms with Crippen LogP contribution in [0.5, 0.6) is 0 Å². The van der Waals surface area contributed by atoms with Gasteiger partial charge < -0.3 is 20.0 Å². The van der Waals surface area contributed by atoms with Gasteiger partial charge in [-0.2, -0.15) is 0 Å². The second kappa shape index (κ2) is 7.64. The van der Waals surface area contributed by atoms with E-state index in [1.165, 1.54) is 0 Å². The van der Waals surface area contributed by atoms with Gasteiger partial charge in [-0.05, 0) is 32.6 Å². The summed E-state index contributed by atoms with van der Waals surface area (Å²) in [6.07, 6.45) is 2.67. The molecule has 1 atom stereocenters. The molecule has 0 bridgehead atoms. The lowest BCUT2D eigenvalue weighted by Gasteiger charge is -2.40. The Morgan fingerprint density at radius 2 is 1.90 bits per heavy atom. The molecule has 2 amide bonds. The van der Waals surface area contributed by atoms with Crippen molar-refractivity contribution in [2.24, 2.45) is 5.41 Å². The predicted molar refractivity (Wildman–Crippen MR) is 80.1 cm³/mol. The molecule has 1 aliphatic rings. The number of aliphatic hydroxyl groups excluding tert-OH is 1. The van der Waals surface area contributed by atoms with E-state index in [4.69, 9.17) is 0 Å². The van der Waals surface area contributed by atoms with Crippen molar-refractivity contribution >= 4 is 12.0 Å². The van der Waals surface area contributed by atoms with Gasteiger partial charge in [-0.1, -0.05) is 13.3 Å². The van der Waals surface area contributed by atoms with Crippen molar-refractivity contribution in [3.8, 4) is 0 Å². The first-order valence-corrected chi connectivity index (χ1v) is 7.74. The normalized spacial score (nSPS) is 19.1. The molecule has 1 fully saturated rings. The van der Waals surface area contributed by atoms with Gasteiger partial charge in [0.1, 0.15) is 0 Å². The number of hydrogen-bond acceptors (Lipinski definition) is 3. The van der Waals surface area contributed by atoms with Gasteiger partial charge in [0, 0.05) is 26.7 Å². The highest BCUT2D eigenvalue weighted by molar-refractivity contribution is 5.77. The van der Waals surface area contributed by atoms with Crippen LogP contribution in [0.1, 0.15) is 46.0 Å². The molecule has 1 unspecified atom stereocenters. The highest BCUT2D eigenvalue weighted by Crippen LogP contribution is 2.36. The van der Waals surface area contributed by atoms with Gasteiger partial charge in [0.25, 0.3) is 0 Å². The number of rotatable bonds is 6. The second-order valence-corrected chi connectivity index (χ2v) is 6.16. The van der Waals surface area contributed by atoms with Crippen molar-refractivity contribution in [3.63, 3.8) is 0 Å². The highest BCUT2D eigenvalue weighted by atomic mass is 16.4. The minimum Gasteiger partial charge on any atom is -0.481 e. The van der Waals surface area contributed by atoms with Gasteiger partial charge in [-0.3, -0.25) is 4.79 Å². The number of carboxylic acids is 1. The molecule has 0 spiro atoms. The average Bonchev–Trinajstić information content (AvgIpc) is 2.44. The quantitative estimate of drug-likeness (QED) is 0.783. The monoisotopic (exact) mass is 300 g/mol. The molecular weight excluding hydrogens is 272 g/mol. The van der Waals surface area contributed by atoms with E-state index in [-0.39, 0.29) is 6.03 Å². The maximum Gasteiger partial charge on any atom is 0.319 e. The number of carbonyl (C=O) groups excluding carboxylic acids is 1. The van der Waals surface area contributed by atoms with Crippen molar-refractivity contribution in [1.29, 1.82) is 0 Å². The lowest BCUT2D eigenvalue weighted by atomic mass is 9.75. The fourth-order valence-electron chi connectivity index (χ4n) is 2.89. The molecule has 6 nitrogen and oxygen atoms in total. The summed E-state index contributed by atoms with van der Waals surface area (Å²) in [4.78, 5) is 27.1. The van der Waals surface area contributed by atoms with Gasteiger partial charge in [-0.25, -0.2) is 4.79 Å². The zero-order valence-corrected chi connectivity index (χ0v) is 13.3. The molecule has 0 radical (unpaired) electrons. The predicted octanol–water partition coefficient (Wildman–Crippen LogP) is 1.78. The van der Waals surface area contributed by atoms with E-state index in [0.29, 0.717) is 45.3 Å². The van der Waals surface area contributed by atoms with Gasteiger partial charge in [-0.15, -0.1) is 0 Å². The van der Waals surface area contributed by atoms with Crippen molar-refractivity contribution in [3.05, 3.63) is 0 Å². The van der Waals surface area contributed by atoms with Crippen molar-refractivity contribution < 1.29 is 19.8 Å². The molecule has 1 aliphatic heterocycles. The lowest BCUT2D eigenvalue weighted by Crippen LogP contribution is -2.50. The third-order valence-electron chi connectivity index (χ3n) is 4.38. The Kier molecular flexibility index (Phi) is 6.45. The molecule has 0 aromatic carbocycles. The summed E-state index contributed by atoms with van der Waals surface area (Å²) >= 11 is 0. The van der Waals surface area contributed by atoms with Crippen LogP contribution in [-0.4, -0.2) is 64.8 Å². The Morgan fingerprint density at radius 1 is 1.33 bits per heavy atom. The number of carbonyl (C=O) groups is 2. The standard InChI is InChI=1S/C15H28N2O4/c1-4-6-15(13(19)20)7-10-17(11-8-15)14(21)16(3)9-5-12(2)18/h12,18H,4-11H2,1-3H3,(H,19,20). The molecule has 1 heterocycles. The summed E-state index contributed by atoms with van der Waals surface area (Å²) in [6, 6.07) is -0.0777. The number of urea groups is 1. The van der Waals surface area contributed by atoms with Crippen LogP contribution in [-0.2, 0) is 4.79 Å². The number of hydrogen-bond donors (Lipinski definition) is 2. The van der Waals surface area contributed by atoms with Crippen LogP contribution in [0.4, 0.5) is 4.79 Å². The van der Waals surface area contributed by atoms with E-state index in [1.54, 1.807) is 23.8 Å². The zero-order chi connectivity index (χ0) is 16.0. The summed E-state index contributed by atoms with van der Waals surface area (Å²) in [7, 11) is 1.72. The Hall–Kier alpha value is -1.30. The molecule has 1 rings (SSSR count). The van der Waals surface area contributed by atoms with E-state index in [0.717, 1.165) is 6.42 Å². The molecule has 0 aliphatic carbocycles. The van der Waals surface area contributed by atoms with Gasteiger partial charge in [0.05, 0.1) is 11.5 Å². The van der Waals surface area contributed by atoms with Gasteiger partial charge in [0.15, 0.2) is 0 Å². The fraction of sp³-hybridized carbons (Fsp3) is 0.867. The Morgan fingerprint density at radius 3 is 2.33 bits per heavy atom. The first-order chi connectivity index (χ1) is 9.82. The van der Waals surface area contributed by atoms with E-state index in [2.05, 4.69) is 0 Å². The second-order valence-electron chi connectivity index (χ2n) is 6.16. The lowest BCUT2D eigenvalue weighted by molar-refractivity contribution is -0.152. The Bertz CT molecular complexity index is 363. The highest BCUT2D eigenvalue weighted by Gasteiger charge is 2.41. The van der Waals surface area contributed by atoms with Crippen molar-refractivity contribution in [2.75, 3.05) is 26.7 Å². The van der Waals surface area contributed by atoms with E-state index < -0.39 is 17.5 Å². The number of piperidine rings is 1. The topological polar surface area (TPSA) is 81.1 Å². The van der Waals surface area contributed by atoms with Crippen LogP contribution >= 0.6 is 0 Å². The molecule has 0 aromatic rings. The molecule has 0 aromatic heterocycles. The third-order valence-corrected chi connectivity index (χ3v) is 4.38. The number of carboxylic acid groups (broad SMARTS) is 1. The summed E-state index contributed by atoms with van der Waals surface area (Å²) < 4.78 is 0. The first-order valence-electron chi connectivity index (χ1n) is 7.74. The molecule has 0 saturated carbocycles. The molecular formula is C15H28N2O4. The molecule has 1 saturated heterocycles. The van der Waals surface area contributed by atoms with Crippen LogP contribution in [0, 0.1) is 5.41 Å². The van der Waals surface area contributed by atoms with Crippen molar-refractivity contribution in [2.45, 2.75) is 52.1 Å².